The van der Waals surface area contributed by atoms with Crippen LogP contribution in [0, 0.1) is 5.92 Å². The number of carbonyl (C=O) groups is 7. The fraction of sp³-hybridized carbons (Fsp3) is 0.683. The van der Waals surface area contributed by atoms with E-state index in [1.807, 2.05) is 13.8 Å². The molecular weight excluding hydrogens is 865 g/mol. The van der Waals surface area contributed by atoms with Gasteiger partial charge in [-0.25, -0.2) is 4.39 Å². The number of aliphatic hydroxyl groups is 1. The molecule has 348 valence electrons. The fourth-order valence-corrected chi connectivity index (χ4v) is 7.82. The van der Waals surface area contributed by atoms with E-state index in [2.05, 4.69) is 21.3 Å². The highest BCUT2D eigenvalue weighted by Gasteiger charge is 2.59. The van der Waals surface area contributed by atoms with E-state index in [0.717, 1.165) is 4.90 Å². The lowest BCUT2D eigenvalue weighted by molar-refractivity contribution is -0.250. The molecule has 0 radical (unpaired) electrons. The number of halogens is 6. The third kappa shape index (κ3) is 12.7. The van der Waals surface area contributed by atoms with Crippen molar-refractivity contribution in [2.24, 2.45) is 5.92 Å². The van der Waals surface area contributed by atoms with Gasteiger partial charge in [-0.1, -0.05) is 44.0 Å². The summed E-state index contributed by atoms with van der Waals surface area (Å²) in [5, 5.41) is 21.3. The Bertz CT molecular complexity index is 1840. The zero-order valence-corrected chi connectivity index (χ0v) is 37.8. The second-order valence-electron chi connectivity index (χ2n) is 16.9. The zero-order valence-electron chi connectivity index (χ0n) is 36.3. The highest BCUT2D eigenvalue weighted by molar-refractivity contribution is 6.33. The van der Waals surface area contributed by atoms with Gasteiger partial charge >= 0.3 is 6.18 Å². The minimum Gasteiger partial charge on any atom is -0.373 e. The number of hydrogen-bond acceptors (Lipinski definition) is 8. The van der Waals surface area contributed by atoms with Crippen LogP contribution < -0.4 is 21.3 Å². The summed E-state index contributed by atoms with van der Waals surface area (Å²) < 4.78 is 55.3. The predicted molar refractivity (Wildman–Crippen MR) is 222 cm³/mol. The van der Waals surface area contributed by atoms with Crippen LogP contribution in [0.1, 0.15) is 92.6 Å². The third-order valence-corrected chi connectivity index (χ3v) is 11.8. The van der Waals surface area contributed by atoms with Crippen molar-refractivity contribution in [3.63, 3.8) is 0 Å². The van der Waals surface area contributed by atoms with Crippen LogP contribution in [0.3, 0.4) is 0 Å². The summed E-state index contributed by atoms with van der Waals surface area (Å²) >= 11 is 12.7. The predicted octanol–water partition coefficient (Wildman–Crippen LogP) is 3.45. The van der Waals surface area contributed by atoms with Crippen molar-refractivity contribution < 1.29 is 56.2 Å². The molecule has 0 aliphatic carbocycles. The molecule has 21 heteroatoms. The van der Waals surface area contributed by atoms with Crippen molar-refractivity contribution in [2.75, 3.05) is 26.7 Å². The first-order valence-electron chi connectivity index (χ1n) is 20.6. The first-order valence-corrected chi connectivity index (χ1v) is 21.4. The standard InChI is InChI=1S/C41H59Cl2F4N7O8/c1-9-27(49-33(56)31-20-25(44)21-54(31)38(61)40(7,62)41(45,46)47)36(59)53(10-2)29-13-11-12-16-48-37(60)39(5,6)51-34(57)30(19-23-18-24(42)14-15-26(23)43)52(8)35(58)28(17-22(3)4)50-32(29)55/h14-15,18,22,25,27-31,62H,9-13,16-17,19-21H2,1-8H3,(H,48,60)(H,49,56)(H,50,55)(H,51,57)/t25-,27+,28+,29+,30+,31+,40-/m1/s1. The molecule has 7 amide bonds. The van der Waals surface area contributed by atoms with Gasteiger partial charge < -0.3 is 41.1 Å². The molecule has 1 aromatic rings. The summed E-state index contributed by atoms with van der Waals surface area (Å²) in [4.78, 5) is 99.7. The van der Waals surface area contributed by atoms with Gasteiger partial charge in [0, 0.05) is 43.0 Å². The summed E-state index contributed by atoms with van der Waals surface area (Å²) in [5.74, 6) is -6.67. The minimum absolute atomic E-state index is 0.0150. The maximum absolute atomic E-state index is 14.6. The molecule has 0 bridgehead atoms. The van der Waals surface area contributed by atoms with Crippen LogP contribution in [0.25, 0.3) is 0 Å². The van der Waals surface area contributed by atoms with E-state index in [9.17, 15) is 56.2 Å². The Balaban J connectivity index is 2.01. The average molecular weight is 925 g/mol. The Morgan fingerprint density at radius 2 is 1.71 bits per heavy atom. The summed E-state index contributed by atoms with van der Waals surface area (Å²) in [6.45, 7) is 9.04. The van der Waals surface area contributed by atoms with Crippen LogP contribution >= 0.6 is 23.2 Å². The second kappa shape index (κ2) is 21.4. The van der Waals surface area contributed by atoms with Crippen LogP contribution in [-0.4, -0.2) is 142 Å². The molecule has 15 nitrogen and oxygen atoms in total. The van der Waals surface area contributed by atoms with Gasteiger partial charge in [0.05, 0.1) is 6.54 Å². The van der Waals surface area contributed by atoms with E-state index in [1.54, 1.807) is 19.1 Å². The number of benzene rings is 1. The summed E-state index contributed by atoms with van der Waals surface area (Å²) in [6.07, 6.45) is -7.57. The van der Waals surface area contributed by atoms with Gasteiger partial charge in [0.15, 0.2) is 0 Å². The van der Waals surface area contributed by atoms with Crippen molar-refractivity contribution in [3.05, 3.63) is 33.8 Å². The molecule has 2 aliphatic heterocycles. The molecule has 0 aromatic heterocycles. The highest BCUT2D eigenvalue weighted by Crippen LogP contribution is 2.34. The second-order valence-corrected chi connectivity index (χ2v) is 17.8. The molecule has 3 rings (SSSR count). The van der Waals surface area contributed by atoms with Crippen LogP contribution in [0.5, 0.6) is 0 Å². The van der Waals surface area contributed by atoms with E-state index >= 15 is 0 Å². The maximum atomic E-state index is 14.6. The number of likely N-dealkylation sites (N-methyl/N-ethyl adjacent to an activating group) is 2. The van der Waals surface area contributed by atoms with Gasteiger partial charge in [-0.3, -0.25) is 33.6 Å². The molecule has 2 aliphatic rings. The van der Waals surface area contributed by atoms with E-state index in [4.69, 9.17) is 23.2 Å². The molecule has 5 N–H and O–H groups in total. The number of nitrogens with zero attached hydrogens (tertiary/aromatic N) is 3. The number of rotatable bonds is 11. The first-order chi connectivity index (χ1) is 28.7. The zero-order chi connectivity index (χ0) is 47.1. The topological polar surface area (TPSA) is 198 Å². The highest BCUT2D eigenvalue weighted by atomic mass is 35.5. The Labute approximate surface area is 369 Å². The summed E-state index contributed by atoms with van der Waals surface area (Å²) in [5.41, 5.74) is -4.94. The maximum Gasteiger partial charge on any atom is 0.426 e. The molecule has 62 heavy (non-hydrogen) atoms. The number of likely N-dealkylation sites (tertiary alicyclic amines) is 1. The third-order valence-electron chi connectivity index (χ3n) is 11.2. The number of carbonyl (C=O) groups excluding carboxylic acids is 7. The van der Waals surface area contributed by atoms with Crippen molar-refractivity contribution in [2.45, 2.75) is 147 Å². The minimum atomic E-state index is -5.44. The smallest absolute Gasteiger partial charge is 0.373 e. The van der Waals surface area contributed by atoms with Crippen LogP contribution in [0.2, 0.25) is 10.0 Å². The van der Waals surface area contributed by atoms with Crippen molar-refractivity contribution in [3.8, 4) is 0 Å². The van der Waals surface area contributed by atoms with Crippen LogP contribution in [-0.2, 0) is 40.0 Å². The molecule has 0 unspecified atom stereocenters. The molecule has 0 saturated carbocycles. The molecule has 0 spiro atoms. The van der Waals surface area contributed by atoms with E-state index in [0.29, 0.717) is 21.9 Å². The van der Waals surface area contributed by atoms with Crippen molar-refractivity contribution in [1.29, 1.82) is 0 Å². The van der Waals surface area contributed by atoms with Gasteiger partial charge in [0.25, 0.3) is 5.91 Å². The van der Waals surface area contributed by atoms with E-state index in [-0.39, 0.29) is 63.1 Å². The lowest BCUT2D eigenvalue weighted by Gasteiger charge is -2.37. The Morgan fingerprint density at radius 3 is 2.29 bits per heavy atom. The molecule has 2 heterocycles. The Kier molecular flexibility index (Phi) is 18.0. The number of alkyl halides is 4. The average Bonchev–Trinajstić information content (AvgIpc) is 3.58. The Hall–Kier alpha value is -4.23. The largest absolute Gasteiger partial charge is 0.426 e. The van der Waals surface area contributed by atoms with Crippen molar-refractivity contribution in [1.82, 2.24) is 36.0 Å². The van der Waals surface area contributed by atoms with Gasteiger partial charge in [-0.2, -0.15) is 13.2 Å². The number of amides is 7. The van der Waals surface area contributed by atoms with E-state index in [1.165, 1.54) is 38.8 Å². The van der Waals surface area contributed by atoms with Crippen LogP contribution in [0.4, 0.5) is 17.6 Å². The monoisotopic (exact) mass is 923 g/mol. The SMILES string of the molecule is CC[C@H](NC(=O)[C@@H]1C[C@@H](F)CN1C(=O)[C@@](C)(O)C(F)(F)F)C(=O)N(CC)[C@H]1CCCCNC(=O)C(C)(C)NC(=O)[C@H](Cc2cc(Cl)ccc2Cl)N(C)C(=O)[C@H](CC(C)C)NC1=O. The number of nitrogens with one attached hydrogen (secondary N) is 4. The lowest BCUT2D eigenvalue weighted by Crippen LogP contribution is -2.62. The lowest BCUT2D eigenvalue weighted by atomic mass is 9.97. The van der Waals surface area contributed by atoms with Crippen LogP contribution in [0.15, 0.2) is 18.2 Å². The van der Waals surface area contributed by atoms with Gasteiger partial charge in [-0.05, 0) is 89.5 Å². The molecule has 7 atom stereocenters. The van der Waals surface area contributed by atoms with Gasteiger partial charge in [0.2, 0.25) is 41.0 Å². The first kappa shape index (κ1) is 52.1. The summed E-state index contributed by atoms with van der Waals surface area (Å²) in [6, 6.07) is -2.32. The molecule has 2 saturated heterocycles. The van der Waals surface area contributed by atoms with Gasteiger partial charge in [-0.15, -0.1) is 0 Å². The molecule has 1 aromatic carbocycles. The summed E-state index contributed by atoms with van der Waals surface area (Å²) in [7, 11) is 1.38. The molecule has 2 fully saturated rings. The number of hydrogen-bond donors (Lipinski definition) is 5. The molecular formula is C41H59Cl2F4N7O8. The normalized spacial score (nSPS) is 24.7. The Morgan fingerprint density at radius 1 is 1.06 bits per heavy atom. The van der Waals surface area contributed by atoms with E-state index < -0.39 is 108 Å². The fourth-order valence-electron chi connectivity index (χ4n) is 7.43. The van der Waals surface area contributed by atoms with Crippen molar-refractivity contribution >= 4 is 64.6 Å². The quantitative estimate of drug-likeness (QED) is 0.208. The van der Waals surface area contributed by atoms with Gasteiger partial charge in [0.1, 0.15) is 41.9 Å².